The Balaban J connectivity index is 1.15. The van der Waals surface area contributed by atoms with Gasteiger partial charge in [-0.1, -0.05) is 217 Å². The predicted molar refractivity (Wildman–Crippen MR) is 307 cm³/mol. The van der Waals surface area contributed by atoms with Gasteiger partial charge in [0.15, 0.2) is 0 Å². The first-order valence-electron chi connectivity index (χ1n) is 25.2. The maximum atomic E-state index is 2.56. The molecule has 11 aromatic rings. The normalized spacial score (nSPS) is 13.1. The Morgan fingerprint density at radius 3 is 1.14 bits per heavy atom. The van der Waals surface area contributed by atoms with Crippen molar-refractivity contribution in [1.82, 2.24) is 0 Å². The molecule has 0 saturated heterocycles. The van der Waals surface area contributed by atoms with Crippen molar-refractivity contribution >= 4 is 89.5 Å². The van der Waals surface area contributed by atoms with Crippen LogP contribution in [0.5, 0.6) is 0 Å². The molecule has 0 amide bonds. The van der Waals surface area contributed by atoms with Crippen molar-refractivity contribution in [1.29, 1.82) is 0 Å². The zero-order valence-electron chi connectivity index (χ0n) is 41.3. The average molecular weight is 911 g/mol. The van der Waals surface area contributed by atoms with Crippen LogP contribution in [0.4, 0.5) is 34.1 Å². The highest BCUT2D eigenvalue weighted by atomic mass is 15.2. The fraction of sp³-hybridized carbons (Fsp3) is 0.118. The van der Waals surface area contributed by atoms with Crippen LogP contribution in [0.25, 0.3) is 65.7 Å². The van der Waals surface area contributed by atoms with Gasteiger partial charge in [0, 0.05) is 34.1 Å². The van der Waals surface area contributed by atoms with E-state index in [9.17, 15) is 0 Å². The molecule has 2 aliphatic heterocycles. The lowest BCUT2D eigenvalue weighted by atomic mass is 9.33. The molecule has 0 unspecified atom stereocenters. The molecule has 0 atom stereocenters. The average Bonchev–Trinajstić information content (AvgIpc) is 3.39. The van der Waals surface area contributed by atoms with Crippen LogP contribution >= 0.6 is 0 Å². The number of para-hydroxylation sites is 2. The Bertz CT molecular complexity index is 3710. The molecule has 340 valence electrons. The lowest BCUT2D eigenvalue weighted by molar-refractivity contribution is 0.590. The minimum absolute atomic E-state index is 0.00780. The summed E-state index contributed by atoms with van der Waals surface area (Å²) >= 11 is 0. The zero-order chi connectivity index (χ0) is 48.2. The molecule has 0 saturated carbocycles. The Hall–Kier alpha value is -8.14. The van der Waals surface area contributed by atoms with Crippen LogP contribution in [-0.2, 0) is 10.8 Å². The van der Waals surface area contributed by atoms with Crippen LogP contribution in [-0.4, -0.2) is 6.71 Å². The van der Waals surface area contributed by atoms with Gasteiger partial charge in [0.25, 0.3) is 6.71 Å². The molecule has 0 radical (unpaired) electrons. The SMILES string of the molecule is CC(C)(C)c1ccc2c(c1)B1c3cc(C(C)(C)C)ccc3N(c3ccccc3)c3cc(-c4c5ccccc5c(-c5ccc(-c6ccccc6)c6ccccc56)c5ccccc45)cc(c31)N2c1ccccc1. The zero-order valence-corrected chi connectivity index (χ0v) is 41.3. The van der Waals surface area contributed by atoms with E-state index in [4.69, 9.17) is 0 Å². The van der Waals surface area contributed by atoms with Crippen LogP contribution in [0.2, 0.25) is 0 Å². The third kappa shape index (κ3) is 6.85. The molecule has 2 heterocycles. The van der Waals surface area contributed by atoms with E-state index < -0.39 is 0 Å². The fourth-order valence-corrected chi connectivity index (χ4v) is 11.9. The molecule has 0 aliphatic carbocycles. The van der Waals surface area contributed by atoms with Crippen LogP contribution < -0.4 is 26.2 Å². The van der Waals surface area contributed by atoms with Crippen LogP contribution in [0.3, 0.4) is 0 Å². The second kappa shape index (κ2) is 16.2. The molecular formula is C68H55BN2. The van der Waals surface area contributed by atoms with Gasteiger partial charge in [-0.05, 0) is 153 Å². The smallest absolute Gasteiger partial charge is 0.252 e. The van der Waals surface area contributed by atoms with E-state index in [2.05, 4.69) is 276 Å². The number of rotatable bonds is 5. The molecule has 3 heteroatoms. The molecule has 0 aromatic heterocycles. The van der Waals surface area contributed by atoms with Gasteiger partial charge in [0.2, 0.25) is 0 Å². The summed E-state index contributed by atoms with van der Waals surface area (Å²) in [7, 11) is 0. The molecule has 0 fully saturated rings. The number of nitrogens with zero attached hydrogens (tertiary/aromatic N) is 2. The molecule has 71 heavy (non-hydrogen) atoms. The Morgan fingerprint density at radius 2 is 0.690 bits per heavy atom. The minimum atomic E-state index is -0.0368. The predicted octanol–water partition coefficient (Wildman–Crippen LogP) is 16.8. The van der Waals surface area contributed by atoms with Crippen molar-refractivity contribution in [2.75, 3.05) is 9.80 Å². The molecule has 2 aliphatic rings. The highest BCUT2D eigenvalue weighted by molar-refractivity contribution is 7.00. The first-order chi connectivity index (χ1) is 34.5. The summed E-state index contributed by atoms with van der Waals surface area (Å²) in [6.07, 6.45) is 0. The first kappa shape index (κ1) is 42.9. The quantitative estimate of drug-likeness (QED) is 0.125. The lowest BCUT2D eigenvalue weighted by Gasteiger charge is -2.45. The monoisotopic (exact) mass is 910 g/mol. The summed E-state index contributed by atoms with van der Waals surface area (Å²) in [6.45, 7) is 14.0. The summed E-state index contributed by atoms with van der Waals surface area (Å²) < 4.78 is 0. The van der Waals surface area contributed by atoms with Crippen LogP contribution in [0.15, 0.2) is 224 Å². The number of benzene rings is 11. The van der Waals surface area contributed by atoms with Gasteiger partial charge >= 0.3 is 0 Å². The molecule has 0 spiro atoms. The number of fused-ring (bicyclic) bond motifs is 7. The van der Waals surface area contributed by atoms with Gasteiger partial charge in [-0.2, -0.15) is 0 Å². The van der Waals surface area contributed by atoms with E-state index in [0.29, 0.717) is 0 Å². The summed E-state index contributed by atoms with van der Waals surface area (Å²) in [5.41, 5.74) is 21.2. The van der Waals surface area contributed by atoms with Crippen molar-refractivity contribution in [3.05, 3.63) is 236 Å². The molecule has 0 N–H and O–H groups in total. The van der Waals surface area contributed by atoms with E-state index in [-0.39, 0.29) is 17.5 Å². The highest BCUT2D eigenvalue weighted by Crippen LogP contribution is 2.51. The molecule has 2 nitrogen and oxygen atoms in total. The van der Waals surface area contributed by atoms with Gasteiger partial charge in [0.05, 0.1) is 0 Å². The van der Waals surface area contributed by atoms with Crippen molar-refractivity contribution < 1.29 is 0 Å². The van der Waals surface area contributed by atoms with E-state index in [1.165, 1.54) is 116 Å². The van der Waals surface area contributed by atoms with Gasteiger partial charge in [-0.25, -0.2) is 0 Å². The van der Waals surface area contributed by atoms with E-state index in [0.717, 1.165) is 11.4 Å². The van der Waals surface area contributed by atoms with E-state index in [1.54, 1.807) is 0 Å². The standard InChI is InChI=1S/C68H55BN2/c1-67(2,3)46-34-38-60-58(42-46)69-59-43-47(68(4,5)6)35-39-61(59)71(49-26-14-9-15-27-49)63-41-45(40-62(66(63)69)70(60)48-24-12-8-13-25-48)64-53-30-18-20-32-55(53)65(56-33-21-19-31-54(56)64)57-37-36-50(44-22-10-7-11-23-44)51-28-16-17-29-52(51)57/h7-43H,1-6H3. The van der Waals surface area contributed by atoms with Gasteiger partial charge in [0.1, 0.15) is 0 Å². The fourth-order valence-electron chi connectivity index (χ4n) is 11.9. The maximum Gasteiger partial charge on any atom is 0.252 e. The lowest BCUT2D eigenvalue weighted by Crippen LogP contribution is -2.61. The molecule has 11 aromatic carbocycles. The summed E-state index contributed by atoms with van der Waals surface area (Å²) in [5, 5.41) is 7.45. The van der Waals surface area contributed by atoms with Crippen LogP contribution in [0, 0.1) is 0 Å². The Kier molecular flexibility index (Phi) is 9.81. The maximum absolute atomic E-state index is 2.56. The first-order valence-corrected chi connectivity index (χ1v) is 25.2. The molecular weight excluding hydrogens is 856 g/mol. The second-order valence-corrected chi connectivity index (χ2v) is 21.7. The number of anilines is 6. The van der Waals surface area contributed by atoms with Crippen molar-refractivity contribution in [2.24, 2.45) is 0 Å². The molecule has 13 rings (SSSR count). The van der Waals surface area contributed by atoms with Gasteiger partial charge < -0.3 is 9.80 Å². The largest absolute Gasteiger partial charge is 0.311 e. The van der Waals surface area contributed by atoms with Crippen LogP contribution in [0.1, 0.15) is 52.7 Å². The molecule has 0 bridgehead atoms. The summed E-state index contributed by atoms with van der Waals surface area (Å²) in [5.74, 6) is 0. The van der Waals surface area contributed by atoms with Crippen molar-refractivity contribution in [2.45, 2.75) is 52.4 Å². The van der Waals surface area contributed by atoms with E-state index in [1.807, 2.05) is 0 Å². The number of hydrogen-bond donors (Lipinski definition) is 0. The van der Waals surface area contributed by atoms with Crippen molar-refractivity contribution in [3.8, 4) is 33.4 Å². The number of hydrogen-bond acceptors (Lipinski definition) is 2. The highest BCUT2D eigenvalue weighted by Gasteiger charge is 2.44. The van der Waals surface area contributed by atoms with Crippen molar-refractivity contribution in [3.63, 3.8) is 0 Å². The Morgan fingerprint density at radius 1 is 0.310 bits per heavy atom. The second-order valence-electron chi connectivity index (χ2n) is 21.7. The third-order valence-electron chi connectivity index (χ3n) is 15.3. The summed E-state index contributed by atoms with van der Waals surface area (Å²) in [4.78, 5) is 5.11. The third-order valence-corrected chi connectivity index (χ3v) is 15.3. The summed E-state index contributed by atoms with van der Waals surface area (Å²) in [6, 6.07) is 84.4. The minimum Gasteiger partial charge on any atom is -0.311 e. The topological polar surface area (TPSA) is 6.48 Å². The van der Waals surface area contributed by atoms with E-state index >= 15 is 0 Å². The van der Waals surface area contributed by atoms with Gasteiger partial charge in [-0.15, -0.1) is 0 Å². The van der Waals surface area contributed by atoms with Gasteiger partial charge in [-0.3, -0.25) is 0 Å². The Labute approximate surface area is 418 Å².